The molecule has 6 rings (SSSR count). The molecule has 0 atom stereocenters. The van der Waals surface area contributed by atoms with Crippen LogP contribution in [0.1, 0.15) is 37.0 Å². The number of aryl methyl sites for hydroxylation is 2. The van der Waals surface area contributed by atoms with Crippen molar-refractivity contribution in [3.05, 3.63) is 88.1 Å². The molecule has 0 saturated carbocycles. The van der Waals surface area contributed by atoms with Crippen LogP contribution in [0.2, 0.25) is 0 Å². The maximum atomic E-state index is 12.6. The number of para-hydroxylation sites is 1. The molecule has 0 fully saturated rings. The van der Waals surface area contributed by atoms with E-state index < -0.39 is 0 Å². The average Bonchev–Trinajstić information content (AvgIpc) is 3.52. The monoisotopic (exact) mass is 481 g/mol. The van der Waals surface area contributed by atoms with Gasteiger partial charge in [-0.1, -0.05) is 41.7 Å². The molecule has 9 nitrogen and oxygen atoms in total. The number of amides is 2. The van der Waals surface area contributed by atoms with Crippen LogP contribution in [0, 0.1) is 13.8 Å². The molecule has 10 heteroatoms. The highest BCUT2D eigenvalue weighted by Gasteiger charge is 2.35. The normalized spacial score (nSPS) is 13.0. The molecule has 2 aromatic carbocycles. The van der Waals surface area contributed by atoms with Gasteiger partial charge in [-0.2, -0.15) is 5.10 Å². The van der Waals surface area contributed by atoms with Gasteiger partial charge in [0, 0.05) is 5.39 Å². The quantitative estimate of drug-likeness (QED) is 0.370. The molecule has 0 aliphatic carbocycles. The molecule has 0 unspecified atom stereocenters. The van der Waals surface area contributed by atoms with Crippen LogP contribution in [0.15, 0.2) is 60.7 Å². The van der Waals surface area contributed by atoms with Gasteiger partial charge in [0.05, 0.1) is 29.1 Å². The summed E-state index contributed by atoms with van der Waals surface area (Å²) in [6.07, 6.45) is 0. The molecule has 5 aromatic rings. The summed E-state index contributed by atoms with van der Waals surface area (Å²) in [5.41, 5.74) is 4.44. The SMILES string of the molecule is Cc1cc(Nc2nnc(CN3C(=O)c4ccccc4C3=O)s2)nc2c1c(C)nn2-c1ccccc1. The summed E-state index contributed by atoms with van der Waals surface area (Å²) in [7, 11) is 0. The van der Waals surface area contributed by atoms with Crippen LogP contribution in [0.4, 0.5) is 10.9 Å². The summed E-state index contributed by atoms with van der Waals surface area (Å²) in [5.74, 6) is -0.0271. The second-order valence-corrected chi connectivity index (χ2v) is 9.29. The molecule has 0 saturated heterocycles. The number of aromatic nitrogens is 5. The minimum absolute atomic E-state index is 0.0666. The van der Waals surface area contributed by atoms with Gasteiger partial charge in [0.1, 0.15) is 10.8 Å². The van der Waals surface area contributed by atoms with Gasteiger partial charge in [0.2, 0.25) is 5.13 Å². The Morgan fingerprint density at radius 3 is 2.31 bits per heavy atom. The highest BCUT2D eigenvalue weighted by Crippen LogP contribution is 2.29. The van der Waals surface area contributed by atoms with Gasteiger partial charge in [0.15, 0.2) is 5.65 Å². The maximum Gasteiger partial charge on any atom is 0.261 e. The zero-order valence-corrected chi connectivity index (χ0v) is 19.7. The van der Waals surface area contributed by atoms with Crippen molar-refractivity contribution >= 4 is 45.1 Å². The topological polar surface area (TPSA) is 106 Å². The lowest BCUT2D eigenvalue weighted by atomic mass is 10.1. The Bertz CT molecular complexity index is 1590. The van der Waals surface area contributed by atoms with Gasteiger partial charge < -0.3 is 5.32 Å². The van der Waals surface area contributed by atoms with E-state index in [-0.39, 0.29) is 18.4 Å². The van der Waals surface area contributed by atoms with Crippen molar-refractivity contribution in [1.82, 2.24) is 29.9 Å². The molecule has 172 valence electrons. The van der Waals surface area contributed by atoms with Crippen LogP contribution in [0.5, 0.6) is 0 Å². The van der Waals surface area contributed by atoms with E-state index in [0.717, 1.165) is 28.0 Å². The number of imide groups is 1. The van der Waals surface area contributed by atoms with Crippen LogP contribution in [0.25, 0.3) is 16.7 Å². The van der Waals surface area contributed by atoms with E-state index in [1.807, 2.05) is 54.9 Å². The number of carbonyl (C=O) groups is 2. The number of hydrogen-bond acceptors (Lipinski definition) is 8. The Balaban J connectivity index is 1.27. The van der Waals surface area contributed by atoms with Crippen molar-refractivity contribution in [2.75, 3.05) is 5.32 Å². The number of hydrogen-bond donors (Lipinski definition) is 1. The van der Waals surface area contributed by atoms with Crippen molar-refractivity contribution < 1.29 is 9.59 Å². The van der Waals surface area contributed by atoms with Crippen molar-refractivity contribution in [1.29, 1.82) is 0 Å². The van der Waals surface area contributed by atoms with Crippen molar-refractivity contribution in [3.8, 4) is 5.69 Å². The second-order valence-electron chi connectivity index (χ2n) is 8.22. The molecule has 1 aliphatic rings. The Hall–Kier alpha value is -4.44. The fourth-order valence-electron chi connectivity index (χ4n) is 4.31. The number of fused-ring (bicyclic) bond motifs is 2. The fourth-order valence-corrected chi connectivity index (χ4v) is 5.05. The van der Waals surface area contributed by atoms with E-state index in [0.29, 0.717) is 27.1 Å². The van der Waals surface area contributed by atoms with Crippen molar-refractivity contribution in [2.45, 2.75) is 20.4 Å². The van der Waals surface area contributed by atoms with E-state index in [1.165, 1.54) is 16.2 Å². The number of rotatable bonds is 5. The molecule has 1 N–H and O–H groups in total. The summed E-state index contributed by atoms with van der Waals surface area (Å²) in [4.78, 5) is 31.3. The predicted molar refractivity (Wildman–Crippen MR) is 132 cm³/mol. The van der Waals surface area contributed by atoms with Gasteiger partial charge >= 0.3 is 0 Å². The molecular formula is C25H19N7O2S. The third-order valence-corrected chi connectivity index (χ3v) is 6.71. The van der Waals surface area contributed by atoms with Crippen molar-refractivity contribution in [2.24, 2.45) is 0 Å². The van der Waals surface area contributed by atoms with Gasteiger partial charge in [-0.25, -0.2) is 9.67 Å². The van der Waals surface area contributed by atoms with E-state index in [9.17, 15) is 9.59 Å². The second kappa shape index (κ2) is 8.10. The number of carbonyl (C=O) groups excluding carboxylic acids is 2. The van der Waals surface area contributed by atoms with Crippen LogP contribution < -0.4 is 5.32 Å². The first-order valence-corrected chi connectivity index (χ1v) is 11.8. The number of pyridine rings is 1. The minimum atomic E-state index is -0.317. The lowest BCUT2D eigenvalue weighted by Crippen LogP contribution is -2.29. The number of benzene rings is 2. The van der Waals surface area contributed by atoms with Gasteiger partial charge in [-0.05, 0) is 49.7 Å². The summed E-state index contributed by atoms with van der Waals surface area (Å²) >= 11 is 1.27. The summed E-state index contributed by atoms with van der Waals surface area (Å²) in [6.45, 7) is 4.06. The summed E-state index contributed by atoms with van der Waals surface area (Å²) < 4.78 is 1.83. The highest BCUT2D eigenvalue weighted by atomic mass is 32.1. The van der Waals surface area contributed by atoms with E-state index in [2.05, 4.69) is 15.5 Å². The van der Waals surface area contributed by atoms with Crippen LogP contribution >= 0.6 is 11.3 Å². The van der Waals surface area contributed by atoms with Gasteiger partial charge in [-0.3, -0.25) is 14.5 Å². The zero-order chi connectivity index (χ0) is 24.1. The zero-order valence-electron chi connectivity index (χ0n) is 18.9. The molecule has 0 bridgehead atoms. The largest absolute Gasteiger partial charge is 0.315 e. The highest BCUT2D eigenvalue weighted by molar-refractivity contribution is 7.15. The van der Waals surface area contributed by atoms with E-state index in [4.69, 9.17) is 10.1 Å². The molecule has 3 aromatic heterocycles. The maximum absolute atomic E-state index is 12.6. The van der Waals surface area contributed by atoms with E-state index in [1.54, 1.807) is 24.3 Å². The van der Waals surface area contributed by atoms with Gasteiger partial charge in [-0.15, -0.1) is 10.2 Å². The van der Waals surface area contributed by atoms with Crippen molar-refractivity contribution in [3.63, 3.8) is 0 Å². The predicted octanol–water partition coefficient (Wildman–Crippen LogP) is 4.43. The number of nitrogens with zero attached hydrogens (tertiary/aromatic N) is 6. The lowest BCUT2D eigenvalue weighted by Gasteiger charge is -2.10. The van der Waals surface area contributed by atoms with E-state index >= 15 is 0 Å². The Kier molecular flexibility index (Phi) is 4.89. The van der Waals surface area contributed by atoms with Crippen LogP contribution in [0.3, 0.4) is 0 Å². The summed E-state index contributed by atoms with van der Waals surface area (Å²) in [5, 5.41) is 18.3. The third kappa shape index (κ3) is 3.55. The molecule has 35 heavy (non-hydrogen) atoms. The molecule has 0 spiro atoms. The first-order valence-electron chi connectivity index (χ1n) is 11.0. The Morgan fingerprint density at radius 2 is 1.60 bits per heavy atom. The molecular weight excluding hydrogens is 462 g/mol. The molecule has 0 radical (unpaired) electrons. The smallest absolute Gasteiger partial charge is 0.261 e. The number of nitrogens with one attached hydrogen (secondary N) is 1. The molecule has 4 heterocycles. The third-order valence-electron chi connectivity index (χ3n) is 5.88. The van der Waals surface area contributed by atoms with Crippen LogP contribution in [-0.4, -0.2) is 41.7 Å². The average molecular weight is 482 g/mol. The molecule has 2 amide bonds. The summed E-state index contributed by atoms with van der Waals surface area (Å²) in [6, 6.07) is 18.6. The van der Waals surface area contributed by atoms with Crippen LogP contribution in [-0.2, 0) is 6.54 Å². The standard InChI is InChI=1S/C25H19N7O2S/c1-14-12-19(26-22-21(14)15(2)30-32(22)16-8-4-3-5-9-16)27-25-29-28-20(35-25)13-31-23(33)17-10-6-7-11-18(17)24(31)34/h3-12H,13H2,1-2H3,(H,26,27,29). The Labute approximate surface area is 204 Å². The fraction of sp³-hybridized carbons (Fsp3) is 0.120. The lowest BCUT2D eigenvalue weighted by molar-refractivity contribution is 0.0642. The first-order chi connectivity index (χ1) is 17.0. The molecule has 1 aliphatic heterocycles. The van der Waals surface area contributed by atoms with Gasteiger partial charge in [0.25, 0.3) is 11.8 Å². The Morgan fingerprint density at radius 1 is 0.914 bits per heavy atom. The number of anilines is 2. The minimum Gasteiger partial charge on any atom is -0.315 e. The first kappa shape index (κ1) is 21.1.